The summed E-state index contributed by atoms with van der Waals surface area (Å²) in [5.74, 6) is 0. The van der Waals surface area contributed by atoms with Crippen LogP contribution >= 0.6 is 11.6 Å². The van der Waals surface area contributed by atoms with E-state index in [4.69, 9.17) is 21.6 Å². The molecule has 0 radical (unpaired) electrons. The minimum atomic E-state index is -4.38. The molecule has 4 rings (SSSR count). The number of nitrogens with zero attached hydrogens (tertiary/aromatic N) is 3. The lowest BCUT2D eigenvalue weighted by molar-refractivity contribution is -0.137. The van der Waals surface area contributed by atoms with Crippen molar-refractivity contribution in [2.45, 2.75) is 18.9 Å². The summed E-state index contributed by atoms with van der Waals surface area (Å²) in [6.45, 7) is 2.96. The van der Waals surface area contributed by atoms with Crippen molar-refractivity contribution in [2.24, 2.45) is 0 Å². The Bertz CT molecular complexity index is 1270. The predicted molar refractivity (Wildman–Crippen MR) is 139 cm³/mol. The van der Waals surface area contributed by atoms with E-state index in [9.17, 15) is 18.0 Å². The number of alkyl halides is 3. The molecular weight excluding hydrogens is 517 g/mol. The normalized spacial score (nSPS) is 15.1. The topological polar surface area (TPSA) is 68.6 Å². The Hall–Kier alpha value is -3.58. The van der Waals surface area contributed by atoms with E-state index in [2.05, 4.69) is 16.3 Å². The van der Waals surface area contributed by atoms with E-state index in [-0.39, 0.29) is 18.7 Å². The third kappa shape index (κ3) is 7.48. The number of piperazine rings is 1. The molecule has 0 bridgehead atoms. The summed E-state index contributed by atoms with van der Waals surface area (Å²) in [6.07, 6.45) is -4.73. The minimum Gasteiger partial charge on any atom is -0.368 e. The molecular formula is C28H26ClF3N4O2. The zero-order chi connectivity index (χ0) is 27.1. The number of halogens is 4. The predicted octanol–water partition coefficient (Wildman–Crippen LogP) is 6.34. The number of hydrogen-bond donors (Lipinski definition) is 1. The maximum Gasteiger partial charge on any atom is 0.416 e. The summed E-state index contributed by atoms with van der Waals surface area (Å²) >= 11 is 6.05. The number of ether oxygens (including phenoxy) is 1. The molecule has 1 unspecified atom stereocenters. The molecule has 3 aromatic rings. The fourth-order valence-corrected chi connectivity index (χ4v) is 4.28. The number of anilines is 1. The molecule has 1 fully saturated rings. The number of carbonyl (C=O) groups is 1. The molecule has 1 atom stereocenters. The Labute approximate surface area is 224 Å². The van der Waals surface area contributed by atoms with Crippen LogP contribution in [0.1, 0.15) is 28.4 Å². The van der Waals surface area contributed by atoms with E-state index in [1.165, 1.54) is 12.1 Å². The first-order chi connectivity index (χ1) is 18.2. The standard InChI is InChI=1S/C28H26ClF3N4O2/c29-24-10-6-22(7-11-24)26(38-19-20-4-8-23(9-5-20)28(30,31)32)18-35-12-14-36(15-13-35)27(37)34-25-3-1-2-21(16-25)17-33/h1-11,16,26H,12-15,18-19H2,(H,34,37). The Kier molecular flexibility index (Phi) is 8.89. The first-order valence-corrected chi connectivity index (χ1v) is 12.4. The molecule has 1 aliphatic rings. The van der Waals surface area contributed by atoms with Crippen molar-refractivity contribution in [1.82, 2.24) is 9.80 Å². The van der Waals surface area contributed by atoms with Gasteiger partial charge in [0.05, 0.1) is 29.9 Å². The lowest BCUT2D eigenvalue weighted by Gasteiger charge is -2.36. The van der Waals surface area contributed by atoms with Crippen LogP contribution in [0.15, 0.2) is 72.8 Å². The Morgan fingerprint density at radius 2 is 1.71 bits per heavy atom. The van der Waals surface area contributed by atoms with Gasteiger partial charge in [-0.05, 0) is 53.6 Å². The monoisotopic (exact) mass is 542 g/mol. The van der Waals surface area contributed by atoms with Crippen LogP contribution in [-0.4, -0.2) is 48.6 Å². The number of hydrogen-bond acceptors (Lipinski definition) is 4. The highest BCUT2D eigenvalue weighted by Gasteiger charge is 2.30. The van der Waals surface area contributed by atoms with Crippen LogP contribution in [0.4, 0.5) is 23.7 Å². The van der Waals surface area contributed by atoms with Gasteiger partial charge in [-0.2, -0.15) is 18.4 Å². The highest BCUT2D eigenvalue weighted by atomic mass is 35.5. The van der Waals surface area contributed by atoms with Crippen LogP contribution < -0.4 is 5.32 Å². The smallest absolute Gasteiger partial charge is 0.368 e. The second kappa shape index (κ2) is 12.3. The Morgan fingerprint density at radius 3 is 2.34 bits per heavy atom. The molecule has 10 heteroatoms. The van der Waals surface area contributed by atoms with Gasteiger partial charge in [-0.15, -0.1) is 0 Å². The van der Waals surface area contributed by atoms with Gasteiger partial charge in [0, 0.05) is 43.4 Å². The van der Waals surface area contributed by atoms with Gasteiger partial charge in [0.25, 0.3) is 0 Å². The van der Waals surface area contributed by atoms with Crippen LogP contribution in [0.25, 0.3) is 0 Å². The highest BCUT2D eigenvalue weighted by molar-refractivity contribution is 6.30. The minimum absolute atomic E-state index is 0.148. The van der Waals surface area contributed by atoms with E-state index in [0.717, 1.165) is 17.7 Å². The van der Waals surface area contributed by atoms with Crippen LogP contribution in [0.3, 0.4) is 0 Å². The molecule has 2 amide bonds. The fraction of sp³-hybridized carbons (Fsp3) is 0.286. The maximum absolute atomic E-state index is 12.9. The average Bonchev–Trinajstić information content (AvgIpc) is 2.91. The molecule has 3 aromatic carbocycles. The highest BCUT2D eigenvalue weighted by Crippen LogP contribution is 2.30. The van der Waals surface area contributed by atoms with E-state index in [1.807, 2.05) is 12.1 Å². The molecule has 38 heavy (non-hydrogen) atoms. The molecule has 1 N–H and O–H groups in total. The summed E-state index contributed by atoms with van der Waals surface area (Å²) in [6, 6.07) is 20.8. The average molecular weight is 543 g/mol. The summed E-state index contributed by atoms with van der Waals surface area (Å²) in [4.78, 5) is 16.6. The number of nitrogens with one attached hydrogen (secondary N) is 1. The Balaban J connectivity index is 1.35. The first-order valence-electron chi connectivity index (χ1n) is 12.0. The number of nitriles is 1. The lowest BCUT2D eigenvalue weighted by Crippen LogP contribution is -2.50. The third-order valence-electron chi connectivity index (χ3n) is 6.30. The molecule has 1 saturated heterocycles. The van der Waals surface area contributed by atoms with Crippen LogP contribution in [0, 0.1) is 11.3 Å². The van der Waals surface area contributed by atoms with Gasteiger partial charge in [0.2, 0.25) is 0 Å². The number of carbonyl (C=O) groups excluding carboxylic acids is 1. The van der Waals surface area contributed by atoms with E-state index in [1.54, 1.807) is 41.3 Å². The van der Waals surface area contributed by atoms with Crippen LogP contribution in [0.5, 0.6) is 0 Å². The molecule has 0 spiro atoms. The summed E-state index contributed by atoms with van der Waals surface area (Å²) in [5.41, 5.74) is 1.88. The van der Waals surface area contributed by atoms with Gasteiger partial charge < -0.3 is 15.0 Å². The number of urea groups is 1. The van der Waals surface area contributed by atoms with Crippen LogP contribution in [-0.2, 0) is 17.5 Å². The van der Waals surface area contributed by atoms with Crippen molar-refractivity contribution < 1.29 is 22.7 Å². The van der Waals surface area contributed by atoms with E-state index in [0.29, 0.717) is 54.6 Å². The summed E-state index contributed by atoms with van der Waals surface area (Å²) in [5, 5.41) is 12.5. The van der Waals surface area contributed by atoms with Gasteiger partial charge in [0.1, 0.15) is 0 Å². The number of benzene rings is 3. The lowest BCUT2D eigenvalue weighted by atomic mass is 10.1. The number of amides is 2. The van der Waals surface area contributed by atoms with Gasteiger partial charge in [-0.1, -0.05) is 41.9 Å². The molecule has 6 nitrogen and oxygen atoms in total. The van der Waals surface area contributed by atoms with Crippen molar-refractivity contribution in [2.75, 3.05) is 38.0 Å². The maximum atomic E-state index is 12.9. The quantitative estimate of drug-likeness (QED) is 0.378. The SMILES string of the molecule is N#Cc1cccc(NC(=O)N2CCN(CC(OCc3ccc(C(F)(F)F)cc3)c3ccc(Cl)cc3)CC2)c1. The fourth-order valence-electron chi connectivity index (χ4n) is 4.16. The molecule has 0 saturated carbocycles. The largest absolute Gasteiger partial charge is 0.416 e. The Morgan fingerprint density at radius 1 is 1.03 bits per heavy atom. The first kappa shape index (κ1) is 27.5. The van der Waals surface area contributed by atoms with E-state index >= 15 is 0 Å². The number of rotatable bonds is 7. The van der Waals surface area contributed by atoms with Crippen molar-refractivity contribution in [1.29, 1.82) is 5.26 Å². The molecule has 1 heterocycles. The molecule has 0 aliphatic carbocycles. The van der Waals surface area contributed by atoms with Gasteiger partial charge in [0.15, 0.2) is 0 Å². The molecule has 1 aliphatic heterocycles. The van der Waals surface area contributed by atoms with Crippen molar-refractivity contribution in [3.63, 3.8) is 0 Å². The second-order valence-electron chi connectivity index (χ2n) is 8.96. The van der Waals surface area contributed by atoms with Gasteiger partial charge >= 0.3 is 12.2 Å². The van der Waals surface area contributed by atoms with Gasteiger partial charge in [-0.25, -0.2) is 4.79 Å². The third-order valence-corrected chi connectivity index (χ3v) is 6.55. The molecule has 198 valence electrons. The van der Waals surface area contributed by atoms with E-state index < -0.39 is 11.7 Å². The summed E-state index contributed by atoms with van der Waals surface area (Å²) in [7, 11) is 0. The van der Waals surface area contributed by atoms with Crippen LogP contribution in [0.2, 0.25) is 5.02 Å². The molecule has 0 aromatic heterocycles. The second-order valence-corrected chi connectivity index (χ2v) is 9.39. The van der Waals surface area contributed by atoms with Gasteiger partial charge in [-0.3, -0.25) is 4.90 Å². The van der Waals surface area contributed by atoms with Crippen molar-refractivity contribution in [3.05, 3.63) is 100 Å². The van der Waals surface area contributed by atoms with Crippen molar-refractivity contribution in [3.8, 4) is 6.07 Å². The summed E-state index contributed by atoms with van der Waals surface area (Å²) < 4.78 is 44.8. The zero-order valence-electron chi connectivity index (χ0n) is 20.4. The van der Waals surface area contributed by atoms with Crippen molar-refractivity contribution >= 4 is 23.3 Å². The zero-order valence-corrected chi connectivity index (χ0v) is 21.2.